The van der Waals surface area contributed by atoms with Gasteiger partial charge in [-0.15, -0.1) is 11.6 Å². The van der Waals surface area contributed by atoms with Gasteiger partial charge in [0.25, 0.3) is 0 Å². The molecular formula is C14H11Cl3O. The maximum Gasteiger partial charge on any atom is 0.147 e. The summed E-state index contributed by atoms with van der Waals surface area (Å²) in [5, 5.41) is 0.893. The third-order valence-electron chi connectivity index (χ3n) is 2.53. The van der Waals surface area contributed by atoms with Crippen LogP contribution in [0.4, 0.5) is 0 Å². The number of rotatable bonds is 3. The molecule has 0 saturated carbocycles. The van der Waals surface area contributed by atoms with Crippen LogP contribution < -0.4 is 4.74 Å². The van der Waals surface area contributed by atoms with Gasteiger partial charge in [0.15, 0.2) is 0 Å². The van der Waals surface area contributed by atoms with Gasteiger partial charge in [0.05, 0.1) is 5.02 Å². The molecule has 2 aromatic rings. The van der Waals surface area contributed by atoms with Gasteiger partial charge >= 0.3 is 0 Å². The molecule has 0 heterocycles. The monoisotopic (exact) mass is 300 g/mol. The topological polar surface area (TPSA) is 9.23 Å². The van der Waals surface area contributed by atoms with Crippen molar-refractivity contribution in [2.24, 2.45) is 0 Å². The van der Waals surface area contributed by atoms with E-state index in [-0.39, 0.29) is 0 Å². The summed E-state index contributed by atoms with van der Waals surface area (Å²) >= 11 is 17.8. The van der Waals surface area contributed by atoms with Gasteiger partial charge in [0.2, 0.25) is 0 Å². The lowest BCUT2D eigenvalue weighted by molar-refractivity contribution is 0.479. The van der Waals surface area contributed by atoms with E-state index < -0.39 is 0 Å². The maximum atomic E-state index is 6.08. The van der Waals surface area contributed by atoms with Gasteiger partial charge in [-0.05, 0) is 36.2 Å². The average Bonchev–Trinajstić information content (AvgIpc) is 2.37. The zero-order valence-electron chi connectivity index (χ0n) is 9.71. The van der Waals surface area contributed by atoms with Gasteiger partial charge in [-0.1, -0.05) is 41.4 Å². The number of ether oxygens (including phenoxy) is 1. The van der Waals surface area contributed by atoms with Crippen LogP contribution in [0, 0.1) is 6.92 Å². The van der Waals surface area contributed by atoms with E-state index >= 15 is 0 Å². The standard InChI is InChI=1S/C14H11Cl3O/c1-9-7-10(8-15)5-6-12(9)18-13-4-2-3-11(16)14(13)17/h2-7H,8H2,1H3. The molecule has 4 heteroatoms. The number of alkyl halides is 1. The van der Waals surface area contributed by atoms with E-state index in [2.05, 4.69) is 0 Å². The Balaban J connectivity index is 2.31. The molecule has 2 aromatic carbocycles. The number of aryl methyl sites for hydroxylation is 1. The SMILES string of the molecule is Cc1cc(CCl)ccc1Oc1cccc(Cl)c1Cl. The van der Waals surface area contributed by atoms with E-state index in [1.54, 1.807) is 18.2 Å². The van der Waals surface area contributed by atoms with Crippen LogP contribution in [-0.4, -0.2) is 0 Å². The highest BCUT2D eigenvalue weighted by Gasteiger charge is 2.08. The maximum absolute atomic E-state index is 6.08. The van der Waals surface area contributed by atoms with Crippen LogP contribution in [-0.2, 0) is 5.88 Å². The van der Waals surface area contributed by atoms with Crippen molar-refractivity contribution in [1.29, 1.82) is 0 Å². The molecule has 0 aromatic heterocycles. The van der Waals surface area contributed by atoms with Gasteiger partial charge in [-0.3, -0.25) is 0 Å². The second-order valence-electron chi connectivity index (χ2n) is 3.89. The van der Waals surface area contributed by atoms with Crippen LogP contribution in [0.5, 0.6) is 11.5 Å². The highest BCUT2D eigenvalue weighted by Crippen LogP contribution is 2.35. The van der Waals surface area contributed by atoms with Gasteiger partial charge in [-0.25, -0.2) is 0 Å². The summed E-state index contributed by atoms with van der Waals surface area (Å²) in [5.74, 6) is 1.78. The first-order valence-corrected chi connectivity index (χ1v) is 6.68. The molecule has 0 atom stereocenters. The lowest BCUT2D eigenvalue weighted by Gasteiger charge is -2.11. The quantitative estimate of drug-likeness (QED) is 0.648. The number of hydrogen-bond acceptors (Lipinski definition) is 1. The molecule has 0 aliphatic rings. The molecule has 0 N–H and O–H groups in total. The van der Waals surface area contributed by atoms with Crippen LogP contribution in [0.1, 0.15) is 11.1 Å². The first-order chi connectivity index (χ1) is 8.61. The smallest absolute Gasteiger partial charge is 0.147 e. The minimum Gasteiger partial charge on any atom is -0.455 e. The lowest BCUT2D eigenvalue weighted by atomic mass is 10.1. The van der Waals surface area contributed by atoms with Crippen molar-refractivity contribution in [3.05, 3.63) is 57.6 Å². The minimum absolute atomic E-state index is 0.417. The Labute approximate surface area is 121 Å². The molecule has 0 unspecified atom stereocenters. The summed E-state index contributed by atoms with van der Waals surface area (Å²) in [7, 11) is 0. The predicted octanol–water partition coefficient (Wildman–Crippen LogP) is 5.83. The number of hydrogen-bond donors (Lipinski definition) is 0. The van der Waals surface area contributed by atoms with Crippen molar-refractivity contribution in [1.82, 2.24) is 0 Å². The molecule has 0 aliphatic carbocycles. The summed E-state index contributed by atoms with van der Waals surface area (Å²) in [4.78, 5) is 0. The van der Waals surface area contributed by atoms with Gasteiger partial charge in [0.1, 0.15) is 16.5 Å². The van der Waals surface area contributed by atoms with E-state index in [4.69, 9.17) is 39.5 Å². The summed E-state index contributed by atoms with van der Waals surface area (Å²) < 4.78 is 5.76. The molecule has 94 valence electrons. The Hall–Kier alpha value is -0.890. The van der Waals surface area contributed by atoms with Crippen molar-refractivity contribution < 1.29 is 4.74 Å². The van der Waals surface area contributed by atoms with Crippen molar-refractivity contribution in [3.8, 4) is 11.5 Å². The Morgan fingerprint density at radius 1 is 1.06 bits per heavy atom. The van der Waals surface area contributed by atoms with Crippen molar-refractivity contribution in [3.63, 3.8) is 0 Å². The highest BCUT2D eigenvalue weighted by molar-refractivity contribution is 6.42. The van der Waals surface area contributed by atoms with Crippen molar-refractivity contribution in [2.45, 2.75) is 12.8 Å². The average molecular weight is 302 g/mol. The second-order valence-corrected chi connectivity index (χ2v) is 4.94. The molecular weight excluding hydrogens is 291 g/mol. The minimum atomic E-state index is 0.417. The Morgan fingerprint density at radius 3 is 2.50 bits per heavy atom. The normalized spacial score (nSPS) is 10.4. The zero-order valence-corrected chi connectivity index (χ0v) is 12.0. The fraction of sp³-hybridized carbons (Fsp3) is 0.143. The summed E-state index contributed by atoms with van der Waals surface area (Å²) in [6.45, 7) is 1.96. The Morgan fingerprint density at radius 2 is 1.83 bits per heavy atom. The number of benzene rings is 2. The van der Waals surface area contributed by atoms with Crippen LogP contribution in [0.2, 0.25) is 10.0 Å². The van der Waals surface area contributed by atoms with Gasteiger partial charge in [-0.2, -0.15) is 0 Å². The first kappa shape index (κ1) is 13.5. The highest BCUT2D eigenvalue weighted by atomic mass is 35.5. The van der Waals surface area contributed by atoms with Crippen LogP contribution in [0.15, 0.2) is 36.4 Å². The van der Waals surface area contributed by atoms with E-state index in [0.29, 0.717) is 21.7 Å². The summed E-state index contributed by atoms with van der Waals surface area (Å²) in [6, 6.07) is 11.1. The summed E-state index contributed by atoms with van der Waals surface area (Å²) in [5.41, 5.74) is 2.06. The van der Waals surface area contributed by atoms with Gasteiger partial charge < -0.3 is 4.74 Å². The van der Waals surface area contributed by atoms with Crippen molar-refractivity contribution >= 4 is 34.8 Å². The Bertz CT molecular complexity index is 567. The molecule has 1 nitrogen and oxygen atoms in total. The van der Waals surface area contributed by atoms with Crippen LogP contribution in [0.25, 0.3) is 0 Å². The van der Waals surface area contributed by atoms with E-state index in [1.165, 1.54) is 0 Å². The van der Waals surface area contributed by atoms with E-state index in [0.717, 1.165) is 16.9 Å². The van der Waals surface area contributed by atoms with Crippen molar-refractivity contribution in [2.75, 3.05) is 0 Å². The second kappa shape index (κ2) is 5.83. The molecule has 0 amide bonds. The molecule has 0 bridgehead atoms. The fourth-order valence-electron chi connectivity index (χ4n) is 1.59. The molecule has 0 radical (unpaired) electrons. The first-order valence-electron chi connectivity index (χ1n) is 5.39. The predicted molar refractivity (Wildman–Crippen MR) is 77.3 cm³/mol. The lowest BCUT2D eigenvalue weighted by Crippen LogP contribution is -1.90. The molecule has 2 rings (SSSR count). The van der Waals surface area contributed by atoms with Gasteiger partial charge in [0, 0.05) is 5.88 Å². The van der Waals surface area contributed by atoms with E-state index in [1.807, 2.05) is 25.1 Å². The zero-order chi connectivity index (χ0) is 13.1. The van der Waals surface area contributed by atoms with Crippen LogP contribution >= 0.6 is 34.8 Å². The Kier molecular flexibility index (Phi) is 4.39. The number of halogens is 3. The van der Waals surface area contributed by atoms with Crippen LogP contribution in [0.3, 0.4) is 0 Å². The third-order valence-corrected chi connectivity index (χ3v) is 3.64. The third kappa shape index (κ3) is 2.92. The molecule has 0 fully saturated rings. The molecule has 0 aliphatic heterocycles. The fourth-order valence-corrected chi connectivity index (χ4v) is 2.09. The summed E-state index contributed by atoms with van der Waals surface area (Å²) in [6.07, 6.45) is 0. The molecule has 18 heavy (non-hydrogen) atoms. The largest absolute Gasteiger partial charge is 0.455 e. The molecule has 0 spiro atoms. The van der Waals surface area contributed by atoms with E-state index in [9.17, 15) is 0 Å². The molecule has 0 saturated heterocycles.